The van der Waals surface area contributed by atoms with Gasteiger partial charge in [0, 0.05) is 17.4 Å². The van der Waals surface area contributed by atoms with Crippen LogP contribution in [0.1, 0.15) is 10.4 Å². The average Bonchev–Trinajstić information content (AvgIpc) is 3.23. The molecule has 6 nitrogen and oxygen atoms in total. The third-order valence-electron chi connectivity index (χ3n) is 4.83. The van der Waals surface area contributed by atoms with Gasteiger partial charge in [-0.3, -0.25) is 0 Å². The molecule has 0 unspecified atom stereocenters. The van der Waals surface area contributed by atoms with E-state index in [0.717, 1.165) is 32.2 Å². The lowest BCUT2D eigenvalue weighted by Gasteiger charge is -2.11. The predicted molar refractivity (Wildman–Crippen MR) is 126 cm³/mol. The Labute approximate surface area is 187 Å². The number of hydrogen-bond acceptors (Lipinski definition) is 6. The fraction of sp³-hybridized carbons (Fsp3) is 0. The fourth-order valence-electron chi connectivity index (χ4n) is 3.25. The van der Waals surface area contributed by atoms with Crippen molar-refractivity contribution >= 4 is 38.3 Å². The van der Waals surface area contributed by atoms with Crippen molar-refractivity contribution in [3.63, 3.8) is 0 Å². The van der Waals surface area contributed by atoms with E-state index in [-0.39, 0.29) is 5.56 Å². The van der Waals surface area contributed by atoms with Gasteiger partial charge in [0.15, 0.2) is 5.13 Å². The fourth-order valence-corrected chi connectivity index (χ4v) is 4.14. The summed E-state index contributed by atoms with van der Waals surface area (Å²) < 4.78 is 7.16. The molecule has 7 heteroatoms. The first kappa shape index (κ1) is 19.7. The van der Waals surface area contributed by atoms with Crippen LogP contribution >= 0.6 is 11.3 Å². The minimum atomic E-state index is -0.959. The molecule has 2 aromatic heterocycles. The number of thiazole rings is 1. The maximum absolute atomic E-state index is 11.1. The van der Waals surface area contributed by atoms with Crippen molar-refractivity contribution in [3.05, 3.63) is 96.7 Å². The second kappa shape index (κ2) is 8.49. The molecule has 2 heterocycles. The molecule has 0 atom stereocenters. The molecule has 0 saturated carbocycles. The number of para-hydroxylation sites is 1. The summed E-state index contributed by atoms with van der Waals surface area (Å²) in [6.07, 6.45) is 1.66. The van der Waals surface area contributed by atoms with Crippen LogP contribution in [-0.2, 0) is 0 Å². The summed E-state index contributed by atoms with van der Waals surface area (Å²) in [6.45, 7) is 0. The number of nitrogens with zero attached hydrogens (tertiary/aromatic N) is 2. The zero-order chi connectivity index (χ0) is 21.9. The van der Waals surface area contributed by atoms with Gasteiger partial charge in [0.25, 0.3) is 0 Å². The lowest BCUT2D eigenvalue weighted by molar-refractivity contribution is 0.0697. The Morgan fingerprint density at radius 1 is 0.906 bits per heavy atom. The molecule has 2 N–H and O–H groups in total. The van der Waals surface area contributed by atoms with Gasteiger partial charge in [-0.2, -0.15) is 0 Å². The first-order valence-electron chi connectivity index (χ1n) is 9.85. The first-order valence-corrected chi connectivity index (χ1v) is 10.7. The third-order valence-corrected chi connectivity index (χ3v) is 5.78. The summed E-state index contributed by atoms with van der Waals surface area (Å²) in [5.41, 5.74) is 3.71. The highest BCUT2D eigenvalue weighted by Gasteiger charge is 2.10. The van der Waals surface area contributed by atoms with Gasteiger partial charge in [0.1, 0.15) is 5.75 Å². The highest BCUT2D eigenvalue weighted by molar-refractivity contribution is 7.22. The van der Waals surface area contributed by atoms with E-state index in [4.69, 9.17) is 9.84 Å². The number of aromatic carboxylic acids is 1. The van der Waals surface area contributed by atoms with Crippen molar-refractivity contribution in [1.29, 1.82) is 0 Å². The highest BCUT2D eigenvalue weighted by atomic mass is 32.1. The summed E-state index contributed by atoms with van der Waals surface area (Å²) in [4.78, 5) is 20.0. The van der Waals surface area contributed by atoms with E-state index in [1.54, 1.807) is 41.8 Å². The van der Waals surface area contributed by atoms with Gasteiger partial charge in [-0.05, 0) is 66.2 Å². The van der Waals surface area contributed by atoms with E-state index >= 15 is 0 Å². The highest BCUT2D eigenvalue weighted by Crippen LogP contribution is 2.33. The van der Waals surface area contributed by atoms with Crippen molar-refractivity contribution in [1.82, 2.24) is 9.97 Å². The SMILES string of the molecule is O=C(O)c1ccc(-c2cccnc2Oc2ccc(Nc3nc4ccccc4s3)cc2)cc1. The summed E-state index contributed by atoms with van der Waals surface area (Å²) in [5, 5.41) is 13.3. The van der Waals surface area contributed by atoms with Crippen molar-refractivity contribution in [2.24, 2.45) is 0 Å². The standard InChI is InChI=1S/C25H17N3O3S/c29-24(30)17-9-7-16(8-10-17)20-4-3-15-26-23(20)31-19-13-11-18(12-14-19)27-25-28-21-5-1-2-6-22(21)32-25/h1-15H,(H,27,28)(H,29,30). The van der Waals surface area contributed by atoms with E-state index in [1.165, 1.54) is 0 Å². The van der Waals surface area contributed by atoms with Crippen LogP contribution in [0, 0.1) is 0 Å². The second-order valence-electron chi connectivity index (χ2n) is 6.98. The number of anilines is 2. The molecule has 32 heavy (non-hydrogen) atoms. The molecule has 0 bridgehead atoms. The van der Waals surface area contributed by atoms with Crippen LogP contribution in [0.5, 0.6) is 11.6 Å². The van der Waals surface area contributed by atoms with Crippen LogP contribution in [0.15, 0.2) is 91.1 Å². The van der Waals surface area contributed by atoms with Crippen LogP contribution in [-0.4, -0.2) is 21.0 Å². The van der Waals surface area contributed by atoms with E-state index < -0.39 is 5.97 Å². The van der Waals surface area contributed by atoms with Gasteiger partial charge in [-0.25, -0.2) is 14.8 Å². The van der Waals surface area contributed by atoms with Gasteiger partial charge in [0.05, 0.1) is 15.8 Å². The van der Waals surface area contributed by atoms with E-state index in [1.807, 2.05) is 54.6 Å². The lowest BCUT2D eigenvalue weighted by atomic mass is 10.1. The number of ether oxygens (including phenoxy) is 1. The average molecular weight is 439 g/mol. The summed E-state index contributed by atoms with van der Waals surface area (Å²) in [5.74, 6) is 0.128. The molecule has 0 fully saturated rings. The second-order valence-corrected chi connectivity index (χ2v) is 8.01. The third kappa shape index (κ3) is 4.14. The normalized spacial score (nSPS) is 10.8. The Kier molecular flexibility index (Phi) is 5.23. The molecule has 0 aliphatic heterocycles. The Hall–Kier alpha value is -4.23. The number of pyridine rings is 1. The molecule has 156 valence electrons. The quantitative estimate of drug-likeness (QED) is 0.310. The molecular weight excluding hydrogens is 422 g/mol. The van der Waals surface area contributed by atoms with E-state index in [0.29, 0.717) is 11.6 Å². The van der Waals surface area contributed by atoms with Crippen molar-refractivity contribution in [2.75, 3.05) is 5.32 Å². The van der Waals surface area contributed by atoms with Crippen LogP contribution in [0.2, 0.25) is 0 Å². The van der Waals surface area contributed by atoms with Crippen molar-refractivity contribution in [2.45, 2.75) is 0 Å². The van der Waals surface area contributed by atoms with Gasteiger partial charge < -0.3 is 15.2 Å². The predicted octanol–water partition coefficient (Wildman–Crippen LogP) is 6.59. The maximum Gasteiger partial charge on any atom is 0.335 e. The number of benzene rings is 3. The number of fused-ring (bicyclic) bond motifs is 1. The van der Waals surface area contributed by atoms with Gasteiger partial charge in [-0.15, -0.1) is 0 Å². The first-order chi connectivity index (χ1) is 15.7. The smallest absolute Gasteiger partial charge is 0.335 e. The van der Waals surface area contributed by atoms with E-state index in [2.05, 4.69) is 21.4 Å². The number of aromatic nitrogens is 2. The van der Waals surface area contributed by atoms with Crippen LogP contribution in [0.25, 0.3) is 21.3 Å². The molecule has 0 aliphatic carbocycles. The molecule has 3 aromatic carbocycles. The number of rotatable bonds is 6. The zero-order valence-corrected chi connectivity index (χ0v) is 17.5. The monoisotopic (exact) mass is 439 g/mol. The zero-order valence-electron chi connectivity index (χ0n) is 16.7. The minimum absolute atomic E-state index is 0.233. The Morgan fingerprint density at radius 2 is 1.69 bits per heavy atom. The largest absolute Gasteiger partial charge is 0.478 e. The number of carboxylic acids is 1. The molecule has 5 aromatic rings. The Morgan fingerprint density at radius 3 is 2.44 bits per heavy atom. The Balaban J connectivity index is 1.34. The summed E-state index contributed by atoms with van der Waals surface area (Å²) in [7, 11) is 0. The van der Waals surface area contributed by atoms with Crippen LogP contribution in [0.4, 0.5) is 10.8 Å². The lowest BCUT2D eigenvalue weighted by Crippen LogP contribution is -1.96. The molecular formula is C25H17N3O3S. The van der Waals surface area contributed by atoms with Gasteiger partial charge >= 0.3 is 5.97 Å². The van der Waals surface area contributed by atoms with Gasteiger partial charge in [0.2, 0.25) is 5.88 Å². The number of hydrogen-bond donors (Lipinski definition) is 2. The summed E-state index contributed by atoms with van der Waals surface area (Å²) >= 11 is 1.60. The van der Waals surface area contributed by atoms with Gasteiger partial charge in [-0.1, -0.05) is 35.6 Å². The topological polar surface area (TPSA) is 84.3 Å². The van der Waals surface area contributed by atoms with Crippen LogP contribution in [0.3, 0.4) is 0 Å². The maximum atomic E-state index is 11.1. The molecule has 0 amide bonds. The number of carbonyl (C=O) groups is 1. The summed E-state index contributed by atoms with van der Waals surface area (Å²) in [6, 6.07) is 25.9. The van der Waals surface area contributed by atoms with E-state index in [9.17, 15) is 4.79 Å². The molecule has 0 spiro atoms. The molecule has 0 aliphatic rings. The van der Waals surface area contributed by atoms with Crippen molar-refractivity contribution in [3.8, 4) is 22.8 Å². The molecule has 5 rings (SSSR count). The molecule has 0 saturated heterocycles. The Bertz CT molecular complexity index is 1360. The van der Waals surface area contributed by atoms with Crippen molar-refractivity contribution < 1.29 is 14.6 Å². The number of nitrogens with one attached hydrogen (secondary N) is 1. The minimum Gasteiger partial charge on any atom is -0.478 e. The van der Waals surface area contributed by atoms with Crippen LogP contribution < -0.4 is 10.1 Å². The number of carboxylic acid groups (broad SMARTS) is 1. The molecule has 0 radical (unpaired) electrons.